The topological polar surface area (TPSA) is 73.8 Å². The van der Waals surface area contributed by atoms with E-state index in [9.17, 15) is 4.79 Å². The highest BCUT2D eigenvalue weighted by molar-refractivity contribution is 5.97. The number of benzene rings is 1. The predicted molar refractivity (Wildman–Crippen MR) is 74.0 cm³/mol. The highest BCUT2D eigenvalue weighted by Crippen LogP contribution is 2.15. The molecular formula is C14H18N4O. The summed E-state index contributed by atoms with van der Waals surface area (Å²) in [6.45, 7) is 5.91. The molecule has 0 aliphatic heterocycles. The highest BCUT2D eigenvalue weighted by Gasteiger charge is 2.14. The monoisotopic (exact) mass is 258 g/mol. The van der Waals surface area contributed by atoms with Gasteiger partial charge in [-0.2, -0.15) is 5.10 Å². The fourth-order valence-electron chi connectivity index (χ4n) is 1.93. The molecule has 0 aliphatic carbocycles. The van der Waals surface area contributed by atoms with E-state index >= 15 is 0 Å². The number of hydrogen-bond donors (Lipinski definition) is 1. The van der Waals surface area contributed by atoms with Crippen molar-refractivity contribution >= 4 is 11.5 Å². The Kier molecular flexibility index (Phi) is 3.64. The summed E-state index contributed by atoms with van der Waals surface area (Å²) in [7, 11) is 0. The van der Waals surface area contributed by atoms with Crippen LogP contribution in [0.3, 0.4) is 0 Å². The Morgan fingerprint density at radius 2 is 2.16 bits per heavy atom. The number of aromatic nitrogens is 3. The van der Waals surface area contributed by atoms with Crippen LogP contribution in [-0.4, -0.2) is 20.5 Å². The van der Waals surface area contributed by atoms with Crippen LogP contribution in [0, 0.1) is 6.92 Å². The zero-order chi connectivity index (χ0) is 14.0. The van der Waals surface area contributed by atoms with Crippen LogP contribution in [-0.2, 0) is 6.42 Å². The molecule has 0 amide bonds. The molecule has 1 aromatic heterocycles. The molecule has 0 spiro atoms. The van der Waals surface area contributed by atoms with Crippen molar-refractivity contribution < 1.29 is 4.79 Å². The van der Waals surface area contributed by atoms with Gasteiger partial charge in [0.2, 0.25) is 0 Å². The lowest BCUT2D eigenvalue weighted by atomic mass is 10.0. The van der Waals surface area contributed by atoms with Gasteiger partial charge in [0.05, 0.1) is 6.42 Å². The van der Waals surface area contributed by atoms with E-state index in [1.807, 2.05) is 26.8 Å². The van der Waals surface area contributed by atoms with Crippen molar-refractivity contribution in [2.75, 3.05) is 5.73 Å². The smallest absolute Gasteiger partial charge is 0.170 e. The fourth-order valence-corrected chi connectivity index (χ4v) is 1.93. The number of nitrogens with two attached hydrogens (primary N) is 1. The van der Waals surface area contributed by atoms with Crippen LogP contribution in [0.2, 0.25) is 0 Å². The third-order valence-electron chi connectivity index (χ3n) is 3.05. The first kappa shape index (κ1) is 13.3. The SMILES string of the molecule is Cc1cc(C(=O)Cc2ncnn2C(C)C)ccc1N. The largest absolute Gasteiger partial charge is 0.399 e. The number of Topliss-reactive ketones (excluding diaryl/α,β-unsaturated/α-hetero) is 1. The molecule has 0 fully saturated rings. The average Bonchev–Trinajstić information content (AvgIpc) is 2.80. The molecule has 1 aromatic carbocycles. The number of carbonyl (C=O) groups is 1. The lowest BCUT2D eigenvalue weighted by molar-refractivity contribution is 0.0989. The van der Waals surface area contributed by atoms with Crippen LogP contribution in [0.1, 0.15) is 41.6 Å². The molecule has 2 N–H and O–H groups in total. The zero-order valence-corrected chi connectivity index (χ0v) is 11.4. The molecule has 19 heavy (non-hydrogen) atoms. The van der Waals surface area contributed by atoms with Crippen molar-refractivity contribution in [1.29, 1.82) is 0 Å². The number of hydrogen-bond acceptors (Lipinski definition) is 4. The maximum absolute atomic E-state index is 12.2. The van der Waals surface area contributed by atoms with Crippen molar-refractivity contribution in [3.05, 3.63) is 41.5 Å². The number of anilines is 1. The lowest BCUT2D eigenvalue weighted by Gasteiger charge is -2.09. The van der Waals surface area contributed by atoms with Crippen LogP contribution >= 0.6 is 0 Å². The minimum Gasteiger partial charge on any atom is -0.399 e. The molecule has 2 aromatic rings. The second kappa shape index (κ2) is 5.22. The molecule has 0 unspecified atom stereocenters. The summed E-state index contributed by atoms with van der Waals surface area (Å²) < 4.78 is 1.77. The van der Waals surface area contributed by atoms with Gasteiger partial charge < -0.3 is 5.73 Å². The van der Waals surface area contributed by atoms with Gasteiger partial charge in [0.15, 0.2) is 5.78 Å². The van der Waals surface area contributed by atoms with Crippen LogP contribution < -0.4 is 5.73 Å². The summed E-state index contributed by atoms with van der Waals surface area (Å²) >= 11 is 0. The summed E-state index contributed by atoms with van der Waals surface area (Å²) in [5.41, 5.74) is 8.02. The molecule has 0 saturated heterocycles. The molecule has 1 heterocycles. The summed E-state index contributed by atoms with van der Waals surface area (Å²) in [5, 5.41) is 4.13. The number of carbonyl (C=O) groups excluding carboxylic acids is 1. The maximum Gasteiger partial charge on any atom is 0.170 e. The van der Waals surface area contributed by atoms with E-state index in [1.165, 1.54) is 6.33 Å². The normalized spacial score (nSPS) is 10.9. The maximum atomic E-state index is 12.2. The zero-order valence-electron chi connectivity index (χ0n) is 11.4. The van der Waals surface area contributed by atoms with E-state index in [-0.39, 0.29) is 18.2 Å². The van der Waals surface area contributed by atoms with Gasteiger partial charge in [-0.1, -0.05) is 0 Å². The molecule has 2 rings (SSSR count). The summed E-state index contributed by atoms with van der Waals surface area (Å²) in [4.78, 5) is 16.4. The number of nitrogen functional groups attached to an aromatic ring is 1. The van der Waals surface area contributed by atoms with Crippen molar-refractivity contribution in [2.24, 2.45) is 0 Å². The van der Waals surface area contributed by atoms with Crippen LogP contribution in [0.5, 0.6) is 0 Å². The Bertz CT molecular complexity index is 601. The number of nitrogens with zero attached hydrogens (tertiary/aromatic N) is 3. The molecule has 5 heteroatoms. The fraction of sp³-hybridized carbons (Fsp3) is 0.357. The predicted octanol–water partition coefficient (Wildman–Crippen LogP) is 2.18. The Morgan fingerprint density at radius 1 is 1.42 bits per heavy atom. The first-order chi connectivity index (χ1) is 8.99. The molecule has 0 saturated carbocycles. The third kappa shape index (κ3) is 2.81. The van der Waals surface area contributed by atoms with E-state index in [2.05, 4.69) is 10.1 Å². The standard InChI is InChI=1S/C14H18N4O/c1-9(2)18-14(16-8-17-18)7-13(19)11-4-5-12(15)10(3)6-11/h4-6,8-9H,7,15H2,1-3H3. The Labute approximate surface area is 112 Å². The number of rotatable bonds is 4. The molecule has 100 valence electrons. The summed E-state index contributed by atoms with van der Waals surface area (Å²) in [6.07, 6.45) is 1.73. The molecular weight excluding hydrogens is 240 g/mol. The first-order valence-electron chi connectivity index (χ1n) is 6.26. The van der Waals surface area contributed by atoms with Crippen molar-refractivity contribution in [3.63, 3.8) is 0 Å². The summed E-state index contributed by atoms with van der Waals surface area (Å²) in [6, 6.07) is 5.52. The highest BCUT2D eigenvalue weighted by atomic mass is 16.1. The van der Waals surface area contributed by atoms with E-state index in [4.69, 9.17) is 5.73 Å². The summed E-state index contributed by atoms with van der Waals surface area (Å²) in [5.74, 6) is 0.715. The van der Waals surface area contributed by atoms with Gasteiger partial charge in [0.1, 0.15) is 12.2 Å². The first-order valence-corrected chi connectivity index (χ1v) is 6.26. The lowest BCUT2D eigenvalue weighted by Crippen LogP contribution is -2.13. The molecule has 0 radical (unpaired) electrons. The van der Waals surface area contributed by atoms with Crippen LogP contribution in [0.4, 0.5) is 5.69 Å². The van der Waals surface area contributed by atoms with Gasteiger partial charge in [0, 0.05) is 17.3 Å². The van der Waals surface area contributed by atoms with E-state index < -0.39 is 0 Å². The van der Waals surface area contributed by atoms with E-state index in [1.54, 1.807) is 16.8 Å². The molecule has 5 nitrogen and oxygen atoms in total. The third-order valence-corrected chi connectivity index (χ3v) is 3.05. The average molecular weight is 258 g/mol. The Morgan fingerprint density at radius 3 is 2.79 bits per heavy atom. The van der Waals surface area contributed by atoms with Gasteiger partial charge in [-0.15, -0.1) is 0 Å². The van der Waals surface area contributed by atoms with Gasteiger partial charge in [-0.3, -0.25) is 4.79 Å². The van der Waals surface area contributed by atoms with Crippen molar-refractivity contribution in [1.82, 2.24) is 14.8 Å². The van der Waals surface area contributed by atoms with Crippen molar-refractivity contribution in [2.45, 2.75) is 33.2 Å². The molecule has 0 atom stereocenters. The van der Waals surface area contributed by atoms with Crippen molar-refractivity contribution in [3.8, 4) is 0 Å². The van der Waals surface area contributed by atoms with Gasteiger partial charge in [-0.05, 0) is 44.5 Å². The van der Waals surface area contributed by atoms with Gasteiger partial charge >= 0.3 is 0 Å². The van der Waals surface area contributed by atoms with Crippen LogP contribution in [0.15, 0.2) is 24.5 Å². The second-order valence-electron chi connectivity index (χ2n) is 4.89. The second-order valence-corrected chi connectivity index (χ2v) is 4.89. The quantitative estimate of drug-likeness (QED) is 0.673. The minimum atomic E-state index is 0.0259. The molecule has 0 bridgehead atoms. The Hall–Kier alpha value is -2.17. The Balaban J connectivity index is 2.21. The number of ketones is 1. The van der Waals surface area contributed by atoms with E-state index in [0.29, 0.717) is 17.1 Å². The van der Waals surface area contributed by atoms with Crippen LogP contribution in [0.25, 0.3) is 0 Å². The van der Waals surface area contributed by atoms with E-state index in [0.717, 1.165) is 5.56 Å². The minimum absolute atomic E-state index is 0.0259. The van der Waals surface area contributed by atoms with Gasteiger partial charge in [-0.25, -0.2) is 9.67 Å². The number of aryl methyl sites for hydroxylation is 1. The molecule has 0 aliphatic rings. The van der Waals surface area contributed by atoms with Gasteiger partial charge in [0.25, 0.3) is 0 Å².